The largest absolute Gasteiger partial charge is 0.505 e. The van der Waals surface area contributed by atoms with Gasteiger partial charge >= 0.3 is 5.97 Å². The zero-order valence-corrected chi connectivity index (χ0v) is 9.38. The molecule has 4 N–H and O–H groups in total. The zero-order chi connectivity index (χ0) is 11.7. The average molecular weight is 278 g/mol. The Morgan fingerprint density at radius 2 is 2.20 bits per heavy atom. The maximum atomic E-state index is 13.1. The number of nitrogens with two attached hydrogens (primary N) is 1. The highest BCUT2D eigenvalue weighted by atomic mass is 79.9. The number of aryl methyl sites for hydroxylation is 1. The lowest BCUT2D eigenvalue weighted by molar-refractivity contribution is -0.138. The van der Waals surface area contributed by atoms with Crippen LogP contribution in [-0.4, -0.2) is 16.2 Å². The summed E-state index contributed by atoms with van der Waals surface area (Å²) in [5.74, 6) is -2.96. The Morgan fingerprint density at radius 3 is 2.67 bits per heavy atom. The predicted octanol–water partition coefficient (Wildman–Crippen LogP) is 1.69. The van der Waals surface area contributed by atoms with Crippen molar-refractivity contribution in [2.45, 2.75) is 13.0 Å². The fourth-order valence-corrected chi connectivity index (χ4v) is 1.72. The third-order valence-corrected chi connectivity index (χ3v) is 3.04. The van der Waals surface area contributed by atoms with Crippen molar-refractivity contribution in [1.29, 1.82) is 0 Å². The van der Waals surface area contributed by atoms with Gasteiger partial charge in [-0.05, 0) is 18.6 Å². The number of hydrogen-bond acceptors (Lipinski definition) is 3. The number of rotatable bonds is 2. The fraction of sp³-hybridized carbons (Fsp3) is 0.222. The highest BCUT2D eigenvalue weighted by Gasteiger charge is 2.24. The van der Waals surface area contributed by atoms with E-state index in [0.717, 1.165) is 6.07 Å². The molecule has 0 amide bonds. The van der Waals surface area contributed by atoms with Crippen molar-refractivity contribution in [3.8, 4) is 5.75 Å². The van der Waals surface area contributed by atoms with Crippen molar-refractivity contribution in [2.75, 3.05) is 0 Å². The molecule has 0 fully saturated rings. The van der Waals surface area contributed by atoms with Crippen molar-refractivity contribution in [1.82, 2.24) is 0 Å². The molecule has 6 heteroatoms. The van der Waals surface area contributed by atoms with Crippen LogP contribution in [-0.2, 0) is 4.79 Å². The smallest absolute Gasteiger partial charge is 0.325 e. The van der Waals surface area contributed by atoms with Crippen LogP contribution in [0.15, 0.2) is 10.5 Å². The van der Waals surface area contributed by atoms with E-state index in [1.807, 2.05) is 0 Å². The number of carbonyl (C=O) groups is 1. The molecule has 1 rings (SSSR count). The van der Waals surface area contributed by atoms with Gasteiger partial charge < -0.3 is 15.9 Å². The second-order valence-electron chi connectivity index (χ2n) is 3.07. The summed E-state index contributed by atoms with van der Waals surface area (Å²) in [6.07, 6.45) is 0. The van der Waals surface area contributed by atoms with Gasteiger partial charge in [-0.3, -0.25) is 4.79 Å². The van der Waals surface area contributed by atoms with Crippen LogP contribution < -0.4 is 5.73 Å². The van der Waals surface area contributed by atoms with Crippen LogP contribution in [0.1, 0.15) is 17.2 Å². The first-order chi connectivity index (χ1) is 6.86. The molecule has 0 saturated heterocycles. The first-order valence-electron chi connectivity index (χ1n) is 4.02. The van der Waals surface area contributed by atoms with Gasteiger partial charge in [0.25, 0.3) is 0 Å². The molecule has 15 heavy (non-hydrogen) atoms. The van der Waals surface area contributed by atoms with E-state index in [1.165, 1.54) is 0 Å². The Bertz CT molecular complexity index is 396. The number of aromatic hydroxyl groups is 1. The lowest BCUT2D eigenvalue weighted by Gasteiger charge is -2.13. The highest BCUT2D eigenvalue weighted by Crippen LogP contribution is 2.35. The van der Waals surface area contributed by atoms with Gasteiger partial charge in [-0.1, -0.05) is 15.9 Å². The average Bonchev–Trinajstić information content (AvgIpc) is 2.15. The topological polar surface area (TPSA) is 83.5 Å². The molecule has 1 aromatic carbocycles. The van der Waals surface area contributed by atoms with Crippen molar-refractivity contribution in [3.63, 3.8) is 0 Å². The van der Waals surface area contributed by atoms with Crippen LogP contribution >= 0.6 is 15.9 Å². The second-order valence-corrected chi connectivity index (χ2v) is 3.86. The Hall–Kier alpha value is -1.14. The van der Waals surface area contributed by atoms with Gasteiger partial charge in [-0.15, -0.1) is 0 Å². The summed E-state index contributed by atoms with van der Waals surface area (Å²) in [4.78, 5) is 10.6. The summed E-state index contributed by atoms with van der Waals surface area (Å²) >= 11 is 3.06. The van der Waals surface area contributed by atoms with Gasteiger partial charge in [0, 0.05) is 10.0 Å². The summed E-state index contributed by atoms with van der Waals surface area (Å²) in [5.41, 5.74) is 5.64. The number of halogens is 2. The number of phenolic OH excluding ortho intramolecular Hbond substituents is 1. The second kappa shape index (κ2) is 4.16. The molecule has 1 unspecified atom stereocenters. The first kappa shape index (κ1) is 11.9. The minimum atomic E-state index is -1.46. The quantitative estimate of drug-likeness (QED) is 0.768. The number of phenols is 1. The third-order valence-electron chi connectivity index (χ3n) is 1.98. The molecule has 0 radical (unpaired) electrons. The van der Waals surface area contributed by atoms with E-state index in [0.29, 0.717) is 10.0 Å². The van der Waals surface area contributed by atoms with Gasteiger partial charge in [-0.2, -0.15) is 0 Å². The maximum absolute atomic E-state index is 13.1. The first-order valence-corrected chi connectivity index (χ1v) is 4.81. The Kier molecular flexibility index (Phi) is 3.31. The fourth-order valence-electron chi connectivity index (χ4n) is 1.17. The van der Waals surface area contributed by atoms with Crippen LogP contribution in [0.4, 0.5) is 4.39 Å². The molecule has 0 aliphatic heterocycles. The molecule has 0 spiro atoms. The predicted molar refractivity (Wildman–Crippen MR) is 55.1 cm³/mol. The minimum Gasteiger partial charge on any atom is -0.505 e. The standard InChI is InChI=1S/C9H9BrFNO3/c1-3-2-4(11)8(13)5(6(3)10)7(12)9(14)15/h2,7,13H,12H2,1H3,(H,14,15). The third kappa shape index (κ3) is 2.10. The van der Waals surface area contributed by atoms with Crippen LogP contribution in [0.5, 0.6) is 5.75 Å². The molecule has 0 aliphatic carbocycles. The number of carboxylic acid groups (broad SMARTS) is 1. The molecule has 4 nitrogen and oxygen atoms in total. The summed E-state index contributed by atoms with van der Waals surface area (Å²) in [7, 11) is 0. The van der Waals surface area contributed by atoms with Crippen molar-refractivity contribution in [2.24, 2.45) is 5.73 Å². The van der Waals surface area contributed by atoms with Crippen LogP contribution in [0, 0.1) is 12.7 Å². The van der Waals surface area contributed by atoms with Gasteiger partial charge in [0.05, 0.1) is 0 Å². The summed E-state index contributed by atoms with van der Waals surface area (Å²) < 4.78 is 13.4. The summed E-state index contributed by atoms with van der Waals surface area (Å²) in [6.45, 7) is 1.57. The lowest BCUT2D eigenvalue weighted by atomic mass is 10.0. The summed E-state index contributed by atoms with van der Waals surface area (Å²) in [5, 5.41) is 18.1. The van der Waals surface area contributed by atoms with E-state index >= 15 is 0 Å². The highest BCUT2D eigenvalue weighted by molar-refractivity contribution is 9.10. The van der Waals surface area contributed by atoms with Gasteiger partial charge in [-0.25, -0.2) is 4.39 Å². The van der Waals surface area contributed by atoms with Crippen LogP contribution in [0.25, 0.3) is 0 Å². The van der Waals surface area contributed by atoms with E-state index < -0.39 is 23.6 Å². The van der Waals surface area contributed by atoms with Crippen molar-refractivity contribution < 1.29 is 19.4 Å². The van der Waals surface area contributed by atoms with E-state index in [2.05, 4.69) is 15.9 Å². The molecule has 0 aromatic heterocycles. The molecular weight excluding hydrogens is 269 g/mol. The molecule has 0 aliphatic rings. The Balaban J connectivity index is 3.45. The molecule has 1 atom stereocenters. The van der Waals surface area contributed by atoms with Crippen LogP contribution in [0.3, 0.4) is 0 Å². The molecular formula is C9H9BrFNO3. The molecule has 82 valence electrons. The van der Waals surface area contributed by atoms with Gasteiger partial charge in [0.2, 0.25) is 0 Å². The Morgan fingerprint density at radius 1 is 1.67 bits per heavy atom. The lowest BCUT2D eigenvalue weighted by Crippen LogP contribution is -2.21. The summed E-state index contributed by atoms with van der Waals surface area (Å²) in [6, 6.07) is -0.369. The van der Waals surface area contributed by atoms with Crippen molar-refractivity contribution in [3.05, 3.63) is 27.5 Å². The van der Waals surface area contributed by atoms with E-state index in [1.54, 1.807) is 6.92 Å². The SMILES string of the molecule is Cc1cc(F)c(O)c(C(N)C(=O)O)c1Br. The van der Waals surface area contributed by atoms with Crippen molar-refractivity contribution >= 4 is 21.9 Å². The minimum absolute atomic E-state index is 0.153. The molecule has 1 aromatic rings. The maximum Gasteiger partial charge on any atom is 0.325 e. The van der Waals surface area contributed by atoms with Crippen LogP contribution in [0.2, 0.25) is 0 Å². The zero-order valence-electron chi connectivity index (χ0n) is 7.79. The Labute approximate surface area is 93.6 Å². The monoisotopic (exact) mass is 277 g/mol. The number of carboxylic acids is 1. The van der Waals surface area contributed by atoms with Gasteiger partial charge in [0.15, 0.2) is 11.6 Å². The molecule has 0 heterocycles. The van der Waals surface area contributed by atoms with E-state index in [-0.39, 0.29) is 5.56 Å². The molecule has 0 saturated carbocycles. The number of aliphatic carboxylic acids is 1. The number of hydrogen-bond donors (Lipinski definition) is 3. The molecule has 0 bridgehead atoms. The van der Waals surface area contributed by atoms with E-state index in [4.69, 9.17) is 10.8 Å². The number of benzene rings is 1. The van der Waals surface area contributed by atoms with E-state index in [9.17, 15) is 14.3 Å². The normalized spacial score (nSPS) is 12.5. The van der Waals surface area contributed by atoms with Gasteiger partial charge in [0.1, 0.15) is 6.04 Å².